The first-order valence-electron chi connectivity index (χ1n) is 3.50. The number of carbonyl (C=O) groups excluding carboxylic acids is 1. The second-order valence-electron chi connectivity index (χ2n) is 2.54. The van der Waals surface area contributed by atoms with Gasteiger partial charge in [0.25, 0.3) is 0 Å². The van der Waals surface area contributed by atoms with E-state index < -0.39 is 18.3 Å². The van der Waals surface area contributed by atoms with Crippen molar-refractivity contribution in [3.05, 3.63) is 35.1 Å². The van der Waals surface area contributed by atoms with E-state index in [1.165, 1.54) is 12.1 Å². The minimum Gasteiger partial charge on any atom is -0.291 e. The van der Waals surface area contributed by atoms with Crippen molar-refractivity contribution >= 4 is 5.78 Å². The number of hydrogen-bond acceptors (Lipinski definition) is 1. The van der Waals surface area contributed by atoms with E-state index in [1.54, 1.807) is 13.0 Å². The van der Waals surface area contributed by atoms with E-state index in [-0.39, 0.29) is 5.56 Å². The lowest BCUT2D eigenvalue weighted by Gasteiger charge is -1.99. The molecule has 0 fully saturated rings. The molecule has 1 aromatic rings. The lowest BCUT2D eigenvalue weighted by Crippen LogP contribution is -2.04. The van der Waals surface area contributed by atoms with Gasteiger partial charge in [-0.05, 0) is 24.6 Å². The van der Waals surface area contributed by atoms with E-state index in [4.69, 9.17) is 0 Å². The van der Waals surface area contributed by atoms with Gasteiger partial charge in [-0.25, -0.2) is 8.78 Å². The topological polar surface area (TPSA) is 17.1 Å². The van der Waals surface area contributed by atoms with Gasteiger partial charge in [-0.2, -0.15) is 0 Å². The molecule has 0 amide bonds. The monoisotopic (exact) mass is 170 g/mol. The van der Waals surface area contributed by atoms with Crippen LogP contribution in [0.25, 0.3) is 0 Å². The van der Waals surface area contributed by atoms with Crippen molar-refractivity contribution in [2.75, 3.05) is 6.67 Å². The number of halogens is 2. The van der Waals surface area contributed by atoms with Crippen LogP contribution in [-0.4, -0.2) is 12.5 Å². The zero-order valence-electron chi connectivity index (χ0n) is 6.60. The summed E-state index contributed by atoms with van der Waals surface area (Å²) in [5, 5.41) is 0. The van der Waals surface area contributed by atoms with E-state index in [0.717, 1.165) is 0 Å². The fourth-order valence-corrected chi connectivity index (χ4v) is 0.918. The Morgan fingerprint density at radius 3 is 2.67 bits per heavy atom. The first-order chi connectivity index (χ1) is 5.65. The molecule has 0 saturated carbocycles. The quantitative estimate of drug-likeness (QED) is 0.622. The largest absolute Gasteiger partial charge is 0.291 e. The molecule has 0 aliphatic rings. The van der Waals surface area contributed by atoms with Crippen LogP contribution in [0.1, 0.15) is 15.9 Å². The Morgan fingerprint density at radius 1 is 1.50 bits per heavy atom. The van der Waals surface area contributed by atoms with Gasteiger partial charge in [-0.15, -0.1) is 0 Å². The second kappa shape index (κ2) is 3.43. The van der Waals surface area contributed by atoms with E-state index >= 15 is 0 Å². The van der Waals surface area contributed by atoms with Gasteiger partial charge in [0.1, 0.15) is 5.82 Å². The van der Waals surface area contributed by atoms with Crippen molar-refractivity contribution in [3.8, 4) is 0 Å². The molecule has 1 rings (SSSR count). The molecule has 64 valence electrons. The molecule has 0 radical (unpaired) electrons. The van der Waals surface area contributed by atoms with Gasteiger partial charge in [-0.1, -0.05) is 6.07 Å². The van der Waals surface area contributed by atoms with Gasteiger partial charge in [0, 0.05) is 0 Å². The van der Waals surface area contributed by atoms with Gasteiger partial charge in [0.15, 0.2) is 12.5 Å². The molecule has 0 spiro atoms. The number of ketones is 1. The number of carbonyl (C=O) groups is 1. The fraction of sp³-hybridized carbons (Fsp3) is 0.222. The van der Waals surface area contributed by atoms with Crippen molar-refractivity contribution in [1.82, 2.24) is 0 Å². The summed E-state index contributed by atoms with van der Waals surface area (Å²) >= 11 is 0. The molecular formula is C9H8F2O. The molecule has 0 aliphatic carbocycles. The molecule has 3 heteroatoms. The summed E-state index contributed by atoms with van der Waals surface area (Å²) in [6.07, 6.45) is 0. The minimum atomic E-state index is -1.15. The highest BCUT2D eigenvalue weighted by Crippen LogP contribution is 2.10. The third-order valence-corrected chi connectivity index (χ3v) is 1.55. The first-order valence-corrected chi connectivity index (χ1v) is 3.50. The Morgan fingerprint density at radius 2 is 2.17 bits per heavy atom. The molecule has 0 unspecified atom stereocenters. The maximum Gasteiger partial charge on any atom is 0.196 e. The minimum absolute atomic E-state index is 0.178. The van der Waals surface area contributed by atoms with Crippen LogP contribution in [0.3, 0.4) is 0 Å². The van der Waals surface area contributed by atoms with Crippen LogP contribution in [0.15, 0.2) is 18.2 Å². The summed E-state index contributed by atoms with van der Waals surface area (Å²) in [6.45, 7) is 0.548. The number of alkyl halides is 1. The summed E-state index contributed by atoms with van der Waals surface area (Å²) in [6, 6.07) is 4.08. The van der Waals surface area contributed by atoms with Gasteiger partial charge in [0.2, 0.25) is 0 Å². The average molecular weight is 170 g/mol. The summed E-state index contributed by atoms with van der Waals surface area (Å²) in [5.41, 5.74) is 0.533. The molecule has 1 aromatic carbocycles. The second-order valence-corrected chi connectivity index (χ2v) is 2.54. The van der Waals surface area contributed by atoms with E-state index in [0.29, 0.717) is 5.56 Å². The van der Waals surface area contributed by atoms with Crippen molar-refractivity contribution in [2.45, 2.75) is 6.92 Å². The molecule has 0 aromatic heterocycles. The predicted molar refractivity (Wildman–Crippen MR) is 41.4 cm³/mol. The third kappa shape index (κ3) is 1.67. The molecular weight excluding hydrogens is 162 g/mol. The van der Waals surface area contributed by atoms with Crippen LogP contribution in [0.4, 0.5) is 8.78 Å². The van der Waals surface area contributed by atoms with Crippen molar-refractivity contribution in [2.24, 2.45) is 0 Å². The average Bonchev–Trinajstić information content (AvgIpc) is 2.03. The molecule has 0 saturated heterocycles. The van der Waals surface area contributed by atoms with Crippen LogP contribution >= 0.6 is 0 Å². The number of rotatable bonds is 2. The van der Waals surface area contributed by atoms with Gasteiger partial charge < -0.3 is 0 Å². The van der Waals surface area contributed by atoms with E-state index in [1.807, 2.05) is 0 Å². The lowest BCUT2D eigenvalue weighted by atomic mass is 10.1. The Bertz CT molecular complexity index is 307. The predicted octanol–water partition coefficient (Wildman–Crippen LogP) is 2.29. The zero-order valence-corrected chi connectivity index (χ0v) is 6.60. The van der Waals surface area contributed by atoms with Crippen LogP contribution in [0, 0.1) is 12.7 Å². The molecule has 0 heterocycles. The van der Waals surface area contributed by atoms with Crippen LogP contribution < -0.4 is 0 Å². The first kappa shape index (κ1) is 8.84. The summed E-state index contributed by atoms with van der Waals surface area (Å²) in [4.78, 5) is 10.7. The molecule has 0 N–H and O–H groups in total. The van der Waals surface area contributed by atoms with E-state index in [2.05, 4.69) is 0 Å². The van der Waals surface area contributed by atoms with E-state index in [9.17, 15) is 13.6 Å². The van der Waals surface area contributed by atoms with Crippen LogP contribution in [-0.2, 0) is 0 Å². The Hall–Kier alpha value is -1.25. The summed E-state index contributed by atoms with van der Waals surface area (Å²) in [5.74, 6) is -1.47. The van der Waals surface area contributed by atoms with Gasteiger partial charge >= 0.3 is 0 Å². The molecule has 0 aliphatic heterocycles. The van der Waals surface area contributed by atoms with Gasteiger partial charge in [-0.3, -0.25) is 4.79 Å². The maximum atomic E-state index is 12.9. The number of Topliss-reactive ketones (excluding diaryl/α,β-unsaturated/α-hetero) is 1. The standard InChI is InChI=1S/C9H8F2O/c1-6-2-3-7(8(11)4-6)9(12)5-10/h2-4H,5H2,1H3. The highest BCUT2D eigenvalue weighted by molar-refractivity contribution is 5.97. The Balaban J connectivity index is 3.09. The van der Waals surface area contributed by atoms with Crippen molar-refractivity contribution < 1.29 is 13.6 Å². The highest BCUT2D eigenvalue weighted by atomic mass is 19.1. The van der Waals surface area contributed by atoms with Gasteiger partial charge in [0.05, 0.1) is 5.56 Å². The fourth-order valence-electron chi connectivity index (χ4n) is 0.918. The van der Waals surface area contributed by atoms with Crippen LogP contribution in [0.5, 0.6) is 0 Å². The van der Waals surface area contributed by atoms with Crippen molar-refractivity contribution in [3.63, 3.8) is 0 Å². The summed E-state index contributed by atoms with van der Waals surface area (Å²) in [7, 11) is 0. The number of hydrogen-bond donors (Lipinski definition) is 0. The molecule has 0 bridgehead atoms. The number of aryl methyl sites for hydroxylation is 1. The highest BCUT2D eigenvalue weighted by Gasteiger charge is 2.10. The maximum absolute atomic E-state index is 12.9. The summed E-state index contributed by atoms with van der Waals surface area (Å²) < 4.78 is 24.7. The third-order valence-electron chi connectivity index (χ3n) is 1.55. The molecule has 12 heavy (non-hydrogen) atoms. The Labute approximate surface area is 69.0 Å². The lowest BCUT2D eigenvalue weighted by molar-refractivity contribution is 0.0954. The van der Waals surface area contributed by atoms with Crippen LogP contribution in [0.2, 0.25) is 0 Å². The molecule has 1 nitrogen and oxygen atoms in total. The normalized spacial score (nSPS) is 9.92. The Kier molecular flexibility index (Phi) is 2.53. The zero-order chi connectivity index (χ0) is 9.14. The SMILES string of the molecule is Cc1ccc(C(=O)CF)c(F)c1. The smallest absolute Gasteiger partial charge is 0.196 e. The van der Waals surface area contributed by atoms with Crippen molar-refractivity contribution in [1.29, 1.82) is 0 Å². The molecule has 0 atom stereocenters. The number of benzene rings is 1.